The molecular weight excluding hydrogens is 191 g/mol. The van der Waals surface area contributed by atoms with Crippen LogP contribution in [0, 0.1) is 0 Å². The normalized spacial score (nSPS) is 10.6. The highest BCUT2D eigenvalue weighted by Gasteiger charge is 2.13. The van der Waals surface area contributed by atoms with Gasteiger partial charge >= 0.3 is 7.12 Å². The first kappa shape index (κ1) is 10.2. The van der Waals surface area contributed by atoms with Gasteiger partial charge in [-0.2, -0.15) is 0 Å². The largest absolute Gasteiger partial charge is 0.488 e. The highest BCUT2D eigenvalue weighted by Crippen LogP contribution is 2.17. The summed E-state index contributed by atoms with van der Waals surface area (Å²) in [5.74, 6) is 0. The van der Waals surface area contributed by atoms with Crippen LogP contribution in [0.1, 0.15) is 5.56 Å². The molecule has 0 amide bonds. The summed E-state index contributed by atoms with van der Waals surface area (Å²) in [4.78, 5) is 0. The number of benzene rings is 2. The van der Waals surface area contributed by atoms with E-state index >= 15 is 0 Å². The van der Waals surface area contributed by atoms with Crippen molar-refractivity contribution < 1.29 is 15.2 Å². The van der Waals surface area contributed by atoms with E-state index in [-0.39, 0.29) is 6.61 Å². The van der Waals surface area contributed by atoms with Crippen LogP contribution < -0.4 is 5.46 Å². The molecule has 0 spiro atoms. The molecule has 0 aromatic heterocycles. The van der Waals surface area contributed by atoms with Gasteiger partial charge in [-0.3, -0.25) is 0 Å². The summed E-state index contributed by atoms with van der Waals surface area (Å²) in [6.45, 7) is -0.110. The molecule has 2 rings (SSSR count). The van der Waals surface area contributed by atoms with Crippen molar-refractivity contribution >= 4 is 23.4 Å². The van der Waals surface area contributed by atoms with Gasteiger partial charge in [0.2, 0.25) is 0 Å². The van der Waals surface area contributed by atoms with Gasteiger partial charge in [0, 0.05) is 0 Å². The Bertz CT molecular complexity index is 482. The lowest BCUT2D eigenvalue weighted by Crippen LogP contribution is -2.30. The Hall–Kier alpha value is -1.36. The third-order valence-electron chi connectivity index (χ3n) is 2.44. The lowest BCUT2D eigenvalue weighted by Gasteiger charge is -2.07. The molecule has 3 N–H and O–H groups in total. The van der Waals surface area contributed by atoms with Crippen LogP contribution >= 0.6 is 0 Å². The van der Waals surface area contributed by atoms with Crippen LogP contribution in [0.3, 0.4) is 0 Å². The molecule has 0 unspecified atom stereocenters. The topological polar surface area (TPSA) is 60.7 Å². The highest BCUT2D eigenvalue weighted by molar-refractivity contribution is 6.59. The highest BCUT2D eigenvalue weighted by atomic mass is 16.4. The minimum Gasteiger partial charge on any atom is -0.423 e. The summed E-state index contributed by atoms with van der Waals surface area (Å²) in [7, 11) is -1.50. The van der Waals surface area contributed by atoms with Crippen molar-refractivity contribution in [3.8, 4) is 0 Å². The fourth-order valence-electron chi connectivity index (χ4n) is 1.70. The molecule has 3 nitrogen and oxygen atoms in total. The molecule has 15 heavy (non-hydrogen) atoms. The maximum absolute atomic E-state index is 9.18. The van der Waals surface area contributed by atoms with Crippen molar-refractivity contribution in [2.75, 3.05) is 0 Å². The van der Waals surface area contributed by atoms with Crippen molar-refractivity contribution in [2.24, 2.45) is 0 Å². The Morgan fingerprint density at radius 3 is 2.47 bits per heavy atom. The number of aliphatic hydroxyl groups excluding tert-OH is 1. The minimum absolute atomic E-state index is 0.110. The van der Waals surface area contributed by atoms with Crippen LogP contribution in [-0.4, -0.2) is 22.3 Å². The van der Waals surface area contributed by atoms with Crippen LogP contribution in [0.4, 0.5) is 0 Å². The molecule has 76 valence electrons. The quantitative estimate of drug-likeness (QED) is 0.601. The van der Waals surface area contributed by atoms with E-state index in [2.05, 4.69) is 0 Å². The number of fused-ring (bicyclic) bond motifs is 1. The molecule has 2 aromatic rings. The van der Waals surface area contributed by atoms with E-state index in [1.807, 2.05) is 24.3 Å². The SMILES string of the molecule is OCc1cc(B(O)O)cc2ccccc12. The second-order valence-corrected chi connectivity index (χ2v) is 3.43. The fourth-order valence-corrected chi connectivity index (χ4v) is 1.70. The monoisotopic (exact) mass is 202 g/mol. The summed E-state index contributed by atoms with van der Waals surface area (Å²) in [5, 5.41) is 29.2. The first-order valence-electron chi connectivity index (χ1n) is 4.71. The van der Waals surface area contributed by atoms with Gasteiger partial charge in [-0.05, 0) is 21.8 Å². The van der Waals surface area contributed by atoms with Crippen molar-refractivity contribution in [1.29, 1.82) is 0 Å². The van der Waals surface area contributed by atoms with Crippen LogP contribution in [0.25, 0.3) is 10.8 Å². The number of rotatable bonds is 2. The molecule has 0 aliphatic carbocycles. The average Bonchev–Trinajstić information content (AvgIpc) is 2.27. The fraction of sp³-hybridized carbons (Fsp3) is 0.0909. The van der Waals surface area contributed by atoms with E-state index < -0.39 is 7.12 Å². The Kier molecular flexibility index (Phi) is 2.73. The Morgan fingerprint density at radius 1 is 1.07 bits per heavy atom. The molecule has 4 heteroatoms. The first-order valence-corrected chi connectivity index (χ1v) is 4.71. The van der Waals surface area contributed by atoms with Gasteiger partial charge in [-0.1, -0.05) is 36.4 Å². The molecule has 0 aliphatic rings. The molecule has 2 aromatic carbocycles. The van der Waals surface area contributed by atoms with Crippen molar-refractivity contribution in [1.82, 2.24) is 0 Å². The molecule has 0 bridgehead atoms. The van der Waals surface area contributed by atoms with Crippen molar-refractivity contribution in [3.05, 3.63) is 42.0 Å². The molecule has 0 fully saturated rings. The van der Waals surface area contributed by atoms with E-state index in [4.69, 9.17) is 10.0 Å². The van der Waals surface area contributed by atoms with Crippen LogP contribution in [0.2, 0.25) is 0 Å². The zero-order chi connectivity index (χ0) is 10.8. The van der Waals surface area contributed by atoms with Gasteiger partial charge in [0.05, 0.1) is 6.61 Å². The van der Waals surface area contributed by atoms with Crippen molar-refractivity contribution in [3.63, 3.8) is 0 Å². The second kappa shape index (κ2) is 4.02. The van der Waals surface area contributed by atoms with Gasteiger partial charge < -0.3 is 15.2 Å². The van der Waals surface area contributed by atoms with Gasteiger partial charge in [-0.25, -0.2) is 0 Å². The van der Waals surface area contributed by atoms with Crippen LogP contribution in [0.15, 0.2) is 36.4 Å². The summed E-state index contributed by atoms with van der Waals surface area (Å²) < 4.78 is 0. The number of aliphatic hydroxyl groups is 1. The lowest BCUT2D eigenvalue weighted by molar-refractivity contribution is 0.283. The van der Waals surface area contributed by atoms with E-state index in [0.717, 1.165) is 10.8 Å². The summed E-state index contributed by atoms with van der Waals surface area (Å²) in [5.41, 5.74) is 1.11. The van der Waals surface area contributed by atoms with Gasteiger partial charge in [0.15, 0.2) is 0 Å². The standard InChI is InChI=1S/C11H11BO3/c13-7-9-6-10(12(14)15)5-8-3-1-2-4-11(8)9/h1-6,13-15H,7H2. The predicted molar refractivity (Wildman–Crippen MR) is 59.7 cm³/mol. The molecule has 0 saturated carbocycles. The Balaban J connectivity index is 2.71. The Labute approximate surface area is 87.8 Å². The summed E-state index contributed by atoms with van der Waals surface area (Å²) >= 11 is 0. The van der Waals surface area contributed by atoms with Crippen LogP contribution in [0.5, 0.6) is 0 Å². The summed E-state index contributed by atoms with van der Waals surface area (Å²) in [6.07, 6.45) is 0. The number of hydrogen-bond acceptors (Lipinski definition) is 3. The van der Waals surface area contributed by atoms with Crippen LogP contribution in [-0.2, 0) is 6.61 Å². The second-order valence-electron chi connectivity index (χ2n) is 3.43. The average molecular weight is 202 g/mol. The molecular formula is C11H11BO3. The molecule has 0 atom stereocenters. The molecule has 0 aliphatic heterocycles. The maximum atomic E-state index is 9.18. The lowest BCUT2D eigenvalue weighted by atomic mass is 9.78. The third-order valence-corrected chi connectivity index (χ3v) is 2.44. The van der Waals surface area contributed by atoms with E-state index in [1.54, 1.807) is 12.1 Å². The molecule has 0 radical (unpaired) electrons. The third kappa shape index (κ3) is 1.87. The van der Waals surface area contributed by atoms with Gasteiger partial charge in [0.25, 0.3) is 0 Å². The van der Waals surface area contributed by atoms with E-state index in [0.29, 0.717) is 11.0 Å². The summed E-state index contributed by atoms with van der Waals surface area (Å²) in [6, 6.07) is 10.8. The minimum atomic E-state index is -1.50. The molecule has 0 saturated heterocycles. The zero-order valence-electron chi connectivity index (χ0n) is 8.09. The van der Waals surface area contributed by atoms with Gasteiger partial charge in [0.1, 0.15) is 0 Å². The number of hydrogen-bond donors (Lipinski definition) is 3. The smallest absolute Gasteiger partial charge is 0.423 e. The maximum Gasteiger partial charge on any atom is 0.488 e. The predicted octanol–water partition coefficient (Wildman–Crippen LogP) is 0.0119. The van der Waals surface area contributed by atoms with E-state index in [9.17, 15) is 5.11 Å². The van der Waals surface area contributed by atoms with E-state index in [1.165, 1.54) is 0 Å². The zero-order valence-corrected chi connectivity index (χ0v) is 8.09. The van der Waals surface area contributed by atoms with Crippen molar-refractivity contribution in [2.45, 2.75) is 6.61 Å². The van der Waals surface area contributed by atoms with Gasteiger partial charge in [-0.15, -0.1) is 0 Å². The molecule has 0 heterocycles. The Morgan fingerprint density at radius 2 is 1.80 bits per heavy atom. The first-order chi connectivity index (χ1) is 7.22.